The zero-order valence-corrected chi connectivity index (χ0v) is 33.1. The van der Waals surface area contributed by atoms with Crippen molar-refractivity contribution in [2.45, 2.75) is 103 Å². The molecule has 0 bridgehead atoms. The number of methoxy groups -OCH3 is 1. The minimum atomic E-state index is -0.829. The Balaban J connectivity index is 1.50. The summed E-state index contributed by atoms with van der Waals surface area (Å²) in [5.41, 5.74) is 1.03. The van der Waals surface area contributed by atoms with Crippen molar-refractivity contribution in [1.82, 2.24) is 30.4 Å². The number of aryl methyl sites for hydroxylation is 1. The lowest BCUT2D eigenvalue weighted by Gasteiger charge is -2.41. The number of carbonyl (C=O) groups is 5. The van der Waals surface area contributed by atoms with Crippen LogP contribution < -0.4 is 10.6 Å². The molecule has 52 heavy (non-hydrogen) atoms. The summed E-state index contributed by atoms with van der Waals surface area (Å²) in [4.78, 5) is 78.4. The van der Waals surface area contributed by atoms with Crippen molar-refractivity contribution >= 4 is 52.3 Å². The summed E-state index contributed by atoms with van der Waals surface area (Å²) in [5.74, 6) is -2.20. The number of nitrogens with zero attached hydrogens (tertiary/aromatic N) is 4. The highest BCUT2D eigenvalue weighted by atomic mass is 32.1. The van der Waals surface area contributed by atoms with Gasteiger partial charge < -0.3 is 29.7 Å². The normalized spacial score (nSPS) is 19.4. The third-order valence-corrected chi connectivity index (χ3v) is 11.9. The maximum Gasteiger partial charge on any atom is 0.308 e. The number of carbonyl (C=O) groups excluding carboxylic acids is 5. The van der Waals surface area contributed by atoms with Gasteiger partial charge in [0.1, 0.15) is 22.8 Å². The average molecular weight is 763 g/mol. The Morgan fingerprint density at radius 1 is 1.08 bits per heavy atom. The first kappa shape index (κ1) is 41.3. The van der Waals surface area contributed by atoms with Gasteiger partial charge in [0, 0.05) is 61.9 Å². The number of esters is 2. The third-order valence-electron chi connectivity index (χ3n) is 9.96. The molecule has 288 valence electrons. The molecule has 2 aromatic rings. The molecule has 1 aliphatic carbocycles. The van der Waals surface area contributed by atoms with Gasteiger partial charge in [-0.3, -0.25) is 28.9 Å². The zero-order valence-electron chi connectivity index (χ0n) is 31.5. The van der Waals surface area contributed by atoms with E-state index in [1.54, 1.807) is 24.3 Å². The highest BCUT2D eigenvalue weighted by Crippen LogP contribution is 2.34. The molecule has 0 aromatic carbocycles. The van der Waals surface area contributed by atoms with E-state index in [-0.39, 0.29) is 54.4 Å². The molecule has 2 N–H and O–H groups in total. The number of nitrogens with one attached hydrogen (secondary N) is 2. The molecule has 1 aliphatic heterocycles. The van der Waals surface area contributed by atoms with Gasteiger partial charge in [0.25, 0.3) is 5.91 Å². The number of hydrogen-bond donors (Lipinski definition) is 2. The average Bonchev–Trinajstić information content (AvgIpc) is 3.73. The van der Waals surface area contributed by atoms with Crippen LogP contribution in [0.3, 0.4) is 0 Å². The highest BCUT2D eigenvalue weighted by Gasteiger charge is 2.40. The fourth-order valence-electron chi connectivity index (χ4n) is 6.67. The Bertz CT molecular complexity index is 1540. The molecule has 6 atom stereocenters. The van der Waals surface area contributed by atoms with Crippen molar-refractivity contribution in [3.8, 4) is 0 Å². The van der Waals surface area contributed by atoms with E-state index in [9.17, 15) is 24.0 Å². The van der Waals surface area contributed by atoms with Gasteiger partial charge in [-0.1, -0.05) is 27.2 Å². The minimum absolute atomic E-state index is 0.0323. The number of hydrogen-bond acceptors (Lipinski definition) is 13. The molecular weight excluding hydrogens is 709 g/mol. The second kappa shape index (κ2) is 19.0. The van der Waals surface area contributed by atoms with E-state index in [0.29, 0.717) is 31.0 Å². The van der Waals surface area contributed by atoms with Gasteiger partial charge in [-0.2, -0.15) is 0 Å². The van der Waals surface area contributed by atoms with E-state index in [1.165, 1.54) is 36.7 Å². The molecule has 2 aliphatic rings. The summed E-state index contributed by atoms with van der Waals surface area (Å²) in [6, 6.07) is -1.96. The van der Waals surface area contributed by atoms with Gasteiger partial charge in [-0.25, -0.2) is 9.97 Å². The van der Waals surface area contributed by atoms with Gasteiger partial charge in [0.15, 0.2) is 6.10 Å². The van der Waals surface area contributed by atoms with Crippen LogP contribution in [0.5, 0.6) is 0 Å². The van der Waals surface area contributed by atoms with Crippen molar-refractivity contribution in [3.63, 3.8) is 0 Å². The van der Waals surface area contributed by atoms with E-state index < -0.39 is 42.0 Å². The maximum absolute atomic E-state index is 14.2. The smallest absolute Gasteiger partial charge is 0.308 e. The summed E-state index contributed by atoms with van der Waals surface area (Å²) in [6.45, 7) is 10.4. The number of likely N-dealkylation sites (N-methyl/N-ethyl adjacent to an activating group) is 2. The Labute approximate surface area is 314 Å². The molecule has 0 radical (unpaired) electrons. The molecule has 0 unspecified atom stereocenters. The summed E-state index contributed by atoms with van der Waals surface area (Å²) in [5, 5.41) is 10.9. The van der Waals surface area contributed by atoms with Crippen LogP contribution in [0.2, 0.25) is 0 Å². The van der Waals surface area contributed by atoms with Crippen molar-refractivity contribution in [2.75, 3.05) is 41.0 Å². The second-order valence-corrected chi connectivity index (χ2v) is 16.2. The Morgan fingerprint density at radius 2 is 1.81 bits per heavy atom. The zero-order chi connectivity index (χ0) is 38.1. The Hall–Kier alpha value is -3.47. The minimum Gasteiger partial charge on any atom is -0.469 e. The number of morpholine rings is 1. The summed E-state index contributed by atoms with van der Waals surface area (Å²) < 4.78 is 16.2. The second-order valence-electron chi connectivity index (χ2n) is 14.3. The van der Waals surface area contributed by atoms with Gasteiger partial charge in [-0.05, 0) is 45.1 Å². The first-order valence-electron chi connectivity index (χ1n) is 18.0. The Kier molecular flexibility index (Phi) is 15.1. The summed E-state index contributed by atoms with van der Waals surface area (Å²) in [6.07, 6.45) is 2.88. The van der Waals surface area contributed by atoms with Crippen molar-refractivity contribution < 1.29 is 38.2 Å². The fourth-order valence-corrected chi connectivity index (χ4v) is 8.36. The quantitative estimate of drug-likeness (QED) is 0.226. The van der Waals surface area contributed by atoms with Crippen LogP contribution in [-0.4, -0.2) is 115 Å². The van der Waals surface area contributed by atoms with E-state index in [1.807, 2.05) is 38.1 Å². The third kappa shape index (κ3) is 11.0. The number of amides is 3. The molecular formula is C36H54N6O8S2. The first-order chi connectivity index (χ1) is 24.7. The standard InChI is InChI=1S/C36H54N6O8S2/c1-20(2)27(42(7)35(46)31(24-10-9-11-24)40-33(45)28-17-49-13-12-41(28)6)16-29(50-23(5)43)34-39-26(19-52-34)32(44)38-25(14-21(3)36(47)48-8)15-30-37-22(4)18-51-30/h18-21,24-25,27-29,31H,9-17H2,1-8H3,(H,38,44)(H,40,45)/t21-,25+,27+,28+,29+,31-/m0/s1. The molecule has 1 saturated carbocycles. The number of aromatic nitrogens is 2. The van der Waals surface area contributed by atoms with Crippen LogP contribution in [0.25, 0.3) is 0 Å². The predicted octanol–water partition coefficient (Wildman–Crippen LogP) is 3.54. The van der Waals surface area contributed by atoms with Crippen molar-refractivity contribution in [1.29, 1.82) is 0 Å². The molecule has 2 aromatic heterocycles. The lowest BCUT2D eigenvalue weighted by atomic mass is 9.78. The van der Waals surface area contributed by atoms with E-state index in [2.05, 4.69) is 20.6 Å². The lowest BCUT2D eigenvalue weighted by molar-refractivity contribution is -0.149. The van der Waals surface area contributed by atoms with Gasteiger partial charge in [-0.15, -0.1) is 22.7 Å². The molecule has 14 nitrogen and oxygen atoms in total. The predicted molar refractivity (Wildman–Crippen MR) is 197 cm³/mol. The van der Waals surface area contributed by atoms with Crippen LogP contribution >= 0.6 is 22.7 Å². The first-order valence-corrected chi connectivity index (χ1v) is 19.7. The monoisotopic (exact) mass is 762 g/mol. The fraction of sp³-hybridized carbons (Fsp3) is 0.694. The topological polar surface area (TPSA) is 169 Å². The van der Waals surface area contributed by atoms with E-state index in [0.717, 1.165) is 30.0 Å². The number of thiazole rings is 2. The van der Waals surface area contributed by atoms with Gasteiger partial charge in [0.05, 0.1) is 31.2 Å². The largest absolute Gasteiger partial charge is 0.469 e. The SMILES string of the molecule is COC(=O)[C@@H](C)C[C@H](Cc1nc(C)cs1)NC(=O)c1csc([C@@H](C[C@H](C(C)C)N(C)C(=O)[C@@H](NC(=O)[C@H]2COCCN2C)C2CCC2)OC(C)=O)n1. The van der Waals surface area contributed by atoms with Crippen LogP contribution in [0.15, 0.2) is 10.8 Å². The molecule has 4 rings (SSSR count). The van der Waals surface area contributed by atoms with Crippen molar-refractivity contribution in [2.24, 2.45) is 17.8 Å². The van der Waals surface area contributed by atoms with Crippen LogP contribution in [-0.2, 0) is 39.8 Å². The molecule has 0 spiro atoms. The molecule has 3 amide bonds. The van der Waals surface area contributed by atoms with E-state index in [4.69, 9.17) is 14.2 Å². The lowest BCUT2D eigenvalue weighted by Crippen LogP contribution is -2.60. The molecule has 3 heterocycles. The van der Waals surface area contributed by atoms with Crippen molar-refractivity contribution in [3.05, 3.63) is 32.2 Å². The maximum atomic E-state index is 14.2. The summed E-state index contributed by atoms with van der Waals surface area (Å²) in [7, 11) is 4.94. The molecule has 16 heteroatoms. The van der Waals surface area contributed by atoms with Crippen LogP contribution in [0.4, 0.5) is 0 Å². The van der Waals surface area contributed by atoms with Gasteiger partial charge in [0.2, 0.25) is 11.8 Å². The highest BCUT2D eigenvalue weighted by molar-refractivity contribution is 7.10. The Morgan fingerprint density at radius 3 is 2.38 bits per heavy atom. The number of rotatable bonds is 17. The van der Waals surface area contributed by atoms with Crippen LogP contribution in [0, 0.1) is 24.7 Å². The van der Waals surface area contributed by atoms with Gasteiger partial charge >= 0.3 is 11.9 Å². The van der Waals surface area contributed by atoms with E-state index >= 15 is 0 Å². The molecule has 2 fully saturated rings. The molecule has 1 saturated heterocycles. The van der Waals surface area contributed by atoms with Crippen LogP contribution in [0.1, 0.15) is 92.1 Å². The summed E-state index contributed by atoms with van der Waals surface area (Å²) >= 11 is 2.68. The number of ether oxygens (including phenoxy) is 3.